The molecule has 1 aliphatic rings. The van der Waals surface area contributed by atoms with Crippen LogP contribution >= 0.6 is 11.6 Å². The molecule has 0 spiro atoms. The van der Waals surface area contributed by atoms with Gasteiger partial charge in [0.15, 0.2) is 0 Å². The van der Waals surface area contributed by atoms with E-state index in [-0.39, 0.29) is 11.8 Å². The summed E-state index contributed by atoms with van der Waals surface area (Å²) in [6, 6.07) is 7.18. The van der Waals surface area contributed by atoms with Crippen molar-refractivity contribution in [3.05, 3.63) is 34.9 Å². The maximum atomic E-state index is 12.1. The van der Waals surface area contributed by atoms with E-state index in [2.05, 4.69) is 5.32 Å². The third kappa shape index (κ3) is 4.73. The van der Waals surface area contributed by atoms with Crippen molar-refractivity contribution in [1.82, 2.24) is 10.2 Å². The predicted octanol–water partition coefficient (Wildman–Crippen LogP) is 3.25. The highest BCUT2D eigenvalue weighted by Crippen LogP contribution is 2.22. The van der Waals surface area contributed by atoms with Crippen LogP contribution in [0.5, 0.6) is 0 Å². The Hall–Kier alpha value is -1.55. The molecule has 2 rings (SSSR count). The number of rotatable bonds is 5. The van der Waals surface area contributed by atoms with Crippen LogP contribution in [0.25, 0.3) is 0 Å². The van der Waals surface area contributed by atoms with E-state index in [0.29, 0.717) is 29.7 Å². The molecular weight excluding hydrogens is 300 g/mol. The number of hydrogen-bond donors (Lipinski definition) is 1. The highest BCUT2D eigenvalue weighted by molar-refractivity contribution is 6.30. The second-order valence-electron chi connectivity index (χ2n) is 5.77. The summed E-state index contributed by atoms with van der Waals surface area (Å²) >= 11 is 5.88. The zero-order chi connectivity index (χ0) is 15.9. The van der Waals surface area contributed by atoms with E-state index < -0.39 is 0 Å². The maximum Gasteiger partial charge on any atom is 0.251 e. The van der Waals surface area contributed by atoms with E-state index in [1.54, 1.807) is 31.2 Å². The van der Waals surface area contributed by atoms with E-state index in [9.17, 15) is 9.59 Å². The van der Waals surface area contributed by atoms with Crippen molar-refractivity contribution < 1.29 is 9.59 Å². The summed E-state index contributed by atoms with van der Waals surface area (Å²) in [5.41, 5.74) is 0.541. The average Bonchev–Trinajstić information content (AvgIpc) is 2.52. The summed E-state index contributed by atoms with van der Waals surface area (Å²) in [4.78, 5) is 25.8. The van der Waals surface area contributed by atoms with Crippen molar-refractivity contribution in [3.8, 4) is 0 Å². The molecule has 0 saturated heterocycles. The number of benzene rings is 1. The van der Waals surface area contributed by atoms with Gasteiger partial charge in [0, 0.05) is 36.6 Å². The molecule has 0 radical (unpaired) electrons. The maximum absolute atomic E-state index is 12.1. The van der Waals surface area contributed by atoms with Crippen molar-refractivity contribution >= 4 is 23.4 Å². The highest BCUT2D eigenvalue weighted by atomic mass is 35.5. The smallest absolute Gasteiger partial charge is 0.251 e. The number of hydrogen-bond acceptors (Lipinski definition) is 2. The molecule has 0 heterocycles. The normalized spacial score (nSPS) is 15.4. The predicted molar refractivity (Wildman–Crippen MR) is 88.0 cm³/mol. The quantitative estimate of drug-likeness (QED) is 0.904. The molecule has 1 fully saturated rings. The fraction of sp³-hybridized carbons (Fsp3) is 0.529. The summed E-state index contributed by atoms with van der Waals surface area (Å²) in [6.07, 6.45) is 5.77. The molecule has 4 nitrogen and oxygen atoms in total. The molecule has 0 atom stereocenters. The van der Waals surface area contributed by atoms with Gasteiger partial charge < -0.3 is 10.2 Å². The topological polar surface area (TPSA) is 49.4 Å². The van der Waals surface area contributed by atoms with Crippen molar-refractivity contribution in [2.75, 3.05) is 13.1 Å². The van der Waals surface area contributed by atoms with Gasteiger partial charge in [-0.25, -0.2) is 0 Å². The number of halogens is 1. The molecule has 5 heteroatoms. The lowest BCUT2D eigenvalue weighted by Crippen LogP contribution is -2.44. The molecule has 0 aliphatic heterocycles. The van der Waals surface area contributed by atoms with Crippen LogP contribution in [0.2, 0.25) is 5.02 Å². The van der Waals surface area contributed by atoms with Crippen LogP contribution in [0.15, 0.2) is 24.3 Å². The summed E-state index contributed by atoms with van der Waals surface area (Å²) < 4.78 is 0. The molecule has 1 aromatic carbocycles. The first-order valence-electron chi connectivity index (χ1n) is 7.89. The van der Waals surface area contributed by atoms with Crippen LogP contribution in [0, 0.1) is 0 Å². The second-order valence-corrected chi connectivity index (χ2v) is 6.21. The Kier molecular flexibility index (Phi) is 6.25. The summed E-state index contributed by atoms with van der Waals surface area (Å²) in [5.74, 6) is -0.0708. The Morgan fingerprint density at radius 2 is 2.00 bits per heavy atom. The Balaban J connectivity index is 1.85. The first kappa shape index (κ1) is 16.8. The molecule has 1 saturated carbocycles. The second kappa shape index (κ2) is 8.18. The van der Waals surface area contributed by atoms with E-state index >= 15 is 0 Å². The van der Waals surface area contributed by atoms with Crippen LogP contribution in [0.1, 0.15) is 49.4 Å². The number of amides is 2. The van der Waals surface area contributed by atoms with Crippen molar-refractivity contribution in [3.63, 3.8) is 0 Å². The molecule has 1 aromatic rings. The van der Waals surface area contributed by atoms with Gasteiger partial charge in [0.1, 0.15) is 0 Å². The lowest BCUT2D eigenvalue weighted by molar-refractivity contribution is -0.131. The minimum Gasteiger partial charge on any atom is -0.350 e. The number of nitrogens with zero attached hydrogens (tertiary/aromatic N) is 1. The average molecular weight is 323 g/mol. The van der Waals surface area contributed by atoms with Gasteiger partial charge in [-0.1, -0.05) is 36.9 Å². The summed E-state index contributed by atoms with van der Waals surface area (Å²) in [5, 5.41) is 3.40. The monoisotopic (exact) mass is 322 g/mol. The number of carbonyl (C=O) groups is 2. The number of nitrogens with one attached hydrogen (secondary N) is 1. The van der Waals surface area contributed by atoms with Crippen LogP contribution in [-0.2, 0) is 4.79 Å². The standard InChI is InChI=1S/C17H23ClN2O2/c1-13(21)20(16-8-3-2-4-9-16)11-10-19-17(22)14-6-5-7-15(18)12-14/h5-7,12,16H,2-4,8-11H2,1H3,(H,19,22). The molecule has 1 N–H and O–H groups in total. The van der Waals surface area contributed by atoms with Gasteiger partial charge in [-0.15, -0.1) is 0 Å². The van der Waals surface area contributed by atoms with Gasteiger partial charge in [0.2, 0.25) is 5.91 Å². The lowest BCUT2D eigenvalue weighted by atomic mass is 9.94. The first-order chi connectivity index (χ1) is 10.6. The summed E-state index contributed by atoms with van der Waals surface area (Å²) in [7, 11) is 0. The van der Waals surface area contributed by atoms with Crippen molar-refractivity contribution in [1.29, 1.82) is 0 Å². The fourth-order valence-electron chi connectivity index (χ4n) is 3.01. The van der Waals surface area contributed by atoms with Crippen molar-refractivity contribution in [2.24, 2.45) is 0 Å². The molecule has 120 valence electrons. The SMILES string of the molecule is CC(=O)N(CCNC(=O)c1cccc(Cl)c1)C1CCCCC1. The van der Waals surface area contributed by atoms with Gasteiger partial charge in [0.25, 0.3) is 5.91 Å². The first-order valence-corrected chi connectivity index (χ1v) is 8.26. The zero-order valence-electron chi connectivity index (χ0n) is 13.0. The van der Waals surface area contributed by atoms with Crippen LogP contribution in [0.4, 0.5) is 0 Å². The van der Waals surface area contributed by atoms with E-state index in [4.69, 9.17) is 11.6 Å². The van der Waals surface area contributed by atoms with Gasteiger partial charge in [-0.05, 0) is 31.0 Å². The van der Waals surface area contributed by atoms with Crippen LogP contribution in [0.3, 0.4) is 0 Å². The van der Waals surface area contributed by atoms with Gasteiger partial charge in [-0.2, -0.15) is 0 Å². The van der Waals surface area contributed by atoms with Crippen molar-refractivity contribution in [2.45, 2.75) is 45.1 Å². The third-order valence-electron chi connectivity index (χ3n) is 4.15. The molecule has 22 heavy (non-hydrogen) atoms. The van der Waals surface area contributed by atoms with Gasteiger partial charge >= 0.3 is 0 Å². The molecular formula is C17H23ClN2O2. The Bertz CT molecular complexity index is 527. The van der Waals surface area contributed by atoms with Gasteiger partial charge in [0.05, 0.1) is 0 Å². The van der Waals surface area contributed by atoms with E-state index in [1.165, 1.54) is 19.3 Å². The lowest BCUT2D eigenvalue weighted by Gasteiger charge is -2.33. The van der Waals surface area contributed by atoms with E-state index in [0.717, 1.165) is 12.8 Å². The largest absolute Gasteiger partial charge is 0.350 e. The van der Waals surface area contributed by atoms with E-state index in [1.807, 2.05) is 4.90 Å². The number of carbonyl (C=O) groups excluding carboxylic acids is 2. The fourth-order valence-corrected chi connectivity index (χ4v) is 3.20. The summed E-state index contributed by atoms with van der Waals surface area (Å²) in [6.45, 7) is 2.63. The molecule has 2 amide bonds. The third-order valence-corrected chi connectivity index (χ3v) is 4.38. The van der Waals surface area contributed by atoms with Crippen LogP contribution in [-0.4, -0.2) is 35.8 Å². The Morgan fingerprint density at radius 3 is 2.64 bits per heavy atom. The van der Waals surface area contributed by atoms with Gasteiger partial charge in [-0.3, -0.25) is 9.59 Å². The zero-order valence-corrected chi connectivity index (χ0v) is 13.7. The minimum absolute atomic E-state index is 0.0869. The molecule has 0 bridgehead atoms. The molecule has 0 unspecified atom stereocenters. The van der Waals surface area contributed by atoms with Crippen LogP contribution < -0.4 is 5.32 Å². The highest BCUT2D eigenvalue weighted by Gasteiger charge is 2.22. The minimum atomic E-state index is -0.158. The Morgan fingerprint density at radius 1 is 1.27 bits per heavy atom. The molecule has 0 aromatic heterocycles. The molecule has 1 aliphatic carbocycles. The Labute approximate surface area is 136 Å².